The molecule has 0 amide bonds. The van der Waals surface area contributed by atoms with Crippen molar-refractivity contribution in [3.05, 3.63) is 0 Å². The van der Waals surface area contributed by atoms with Gasteiger partial charge in [-0.3, -0.25) is 0 Å². The van der Waals surface area contributed by atoms with Crippen LogP contribution in [-0.4, -0.2) is 43.8 Å². The lowest BCUT2D eigenvalue weighted by Gasteiger charge is -2.53. The van der Waals surface area contributed by atoms with E-state index in [0.717, 1.165) is 25.7 Å². The van der Waals surface area contributed by atoms with Gasteiger partial charge in [-0.25, -0.2) is 0 Å². The molecule has 1 aliphatic carbocycles. The van der Waals surface area contributed by atoms with Crippen LogP contribution in [0.4, 0.5) is 0 Å². The van der Waals surface area contributed by atoms with Crippen LogP contribution < -0.4 is 5.73 Å². The highest BCUT2D eigenvalue weighted by Gasteiger charge is 2.44. The highest BCUT2D eigenvalue weighted by Crippen LogP contribution is 2.40. The molecule has 0 aromatic heterocycles. The minimum Gasteiger partial charge on any atom is -0.381 e. The Balaban J connectivity index is 1.44. The fraction of sp³-hybridized carbons (Fsp3) is 1.00. The van der Waals surface area contributed by atoms with Crippen molar-refractivity contribution in [3.8, 4) is 0 Å². The summed E-state index contributed by atoms with van der Waals surface area (Å²) in [5.41, 5.74) is 6.75. The van der Waals surface area contributed by atoms with Gasteiger partial charge in [0.15, 0.2) is 0 Å². The molecule has 0 aromatic rings. The van der Waals surface area contributed by atoms with Gasteiger partial charge in [-0.05, 0) is 31.6 Å². The summed E-state index contributed by atoms with van der Waals surface area (Å²) in [6.45, 7) is 5.63. The van der Waals surface area contributed by atoms with Crippen LogP contribution in [0.5, 0.6) is 0 Å². The van der Waals surface area contributed by atoms with Crippen molar-refractivity contribution in [2.24, 2.45) is 17.1 Å². The van der Waals surface area contributed by atoms with Gasteiger partial charge in [-0.15, -0.1) is 0 Å². The van der Waals surface area contributed by atoms with Gasteiger partial charge in [0.05, 0.1) is 0 Å². The van der Waals surface area contributed by atoms with Gasteiger partial charge >= 0.3 is 0 Å². The molecule has 2 aliphatic heterocycles. The second-order valence-corrected chi connectivity index (χ2v) is 5.78. The van der Waals surface area contributed by atoms with E-state index >= 15 is 0 Å². The molecule has 3 rings (SSSR count). The van der Waals surface area contributed by atoms with Crippen LogP contribution >= 0.6 is 0 Å². The quantitative estimate of drug-likeness (QED) is 0.750. The number of hydrogen-bond acceptors (Lipinski definition) is 3. The van der Waals surface area contributed by atoms with Gasteiger partial charge < -0.3 is 15.4 Å². The average Bonchev–Trinajstić information content (AvgIpc) is 3.00. The van der Waals surface area contributed by atoms with E-state index in [1.54, 1.807) is 0 Å². The number of hydrogen-bond donors (Lipinski definition) is 1. The summed E-state index contributed by atoms with van der Waals surface area (Å²) in [4.78, 5) is 2.55. The normalized spacial score (nSPS) is 32.6. The molecule has 3 nitrogen and oxygen atoms in total. The molecule has 1 atom stereocenters. The molecule has 3 fully saturated rings. The van der Waals surface area contributed by atoms with Crippen LogP contribution in [0.1, 0.15) is 25.7 Å². The van der Waals surface area contributed by atoms with E-state index in [1.165, 1.54) is 38.8 Å². The third-order valence-corrected chi connectivity index (χ3v) is 4.37. The van der Waals surface area contributed by atoms with Gasteiger partial charge in [0.1, 0.15) is 0 Å². The van der Waals surface area contributed by atoms with Crippen LogP contribution in [0.3, 0.4) is 0 Å². The van der Waals surface area contributed by atoms with E-state index in [4.69, 9.17) is 10.5 Å². The molecule has 3 heteroatoms. The van der Waals surface area contributed by atoms with Crippen molar-refractivity contribution in [2.45, 2.75) is 31.7 Å². The Kier molecular flexibility index (Phi) is 2.49. The zero-order chi connectivity index (χ0) is 10.3. The predicted molar refractivity (Wildman–Crippen MR) is 59.6 cm³/mol. The summed E-state index contributed by atoms with van der Waals surface area (Å²) in [5.74, 6) is 0.844. The van der Waals surface area contributed by atoms with Crippen molar-refractivity contribution in [3.63, 3.8) is 0 Å². The van der Waals surface area contributed by atoms with E-state index < -0.39 is 0 Å². The number of nitrogens with zero attached hydrogens (tertiary/aromatic N) is 1. The van der Waals surface area contributed by atoms with Gasteiger partial charge in [0, 0.05) is 44.3 Å². The van der Waals surface area contributed by atoms with Crippen molar-refractivity contribution in [1.29, 1.82) is 0 Å². The zero-order valence-corrected chi connectivity index (χ0v) is 9.45. The first-order chi connectivity index (χ1) is 7.27. The summed E-state index contributed by atoms with van der Waals surface area (Å²) in [6, 6.07) is 0.446. The van der Waals surface area contributed by atoms with E-state index in [1.807, 2.05) is 0 Å². The second-order valence-electron chi connectivity index (χ2n) is 5.78. The molecular formula is C12H22N2O. The van der Waals surface area contributed by atoms with Gasteiger partial charge in [-0.2, -0.15) is 0 Å². The molecule has 1 unspecified atom stereocenters. The first-order valence-corrected chi connectivity index (χ1v) is 6.33. The Morgan fingerprint density at radius 2 is 1.93 bits per heavy atom. The fourth-order valence-electron chi connectivity index (χ4n) is 3.12. The van der Waals surface area contributed by atoms with Crippen LogP contribution in [0.25, 0.3) is 0 Å². The summed E-state index contributed by atoms with van der Waals surface area (Å²) < 4.78 is 5.42. The molecule has 0 aromatic carbocycles. The lowest BCUT2D eigenvalue weighted by molar-refractivity contribution is -0.0823. The summed E-state index contributed by atoms with van der Waals surface area (Å²) in [5, 5.41) is 0. The average molecular weight is 210 g/mol. The molecule has 0 radical (unpaired) electrons. The summed E-state index contributed by atoms with van der Waals surface area (Å²) in [7, 11) is 0. The highest BCUT2D eigenvalue weighted by molar-refractivity contribution is 4.98. The topological polar surface area (TPSA) is 38.5 Å². The van der Waals surface area contributed by atoms with E-state index in [9.17, 15) is 0 Å². The van der Waals surface area contributed by atoms with Crippen molar-refractivity contribution in [2.75, 3.05) is 32.8 Å². The van der Waals surface area contributed by atoms with Gasteiger partial charge in [-0.1, -0.05) is 0 Å². The molecule has 0 bridgehead atoms. The molecule has 2 N–H and O–H groups in total. The molecular weight excluding hydrogens is 188 g/mol. The standard InChI is InChI=1S/C12H22N2O/c13-11(10-1-2-10)7-14-8-12(9-14)3-5-15-6-4-12/h10-11H,1-9,13H2. The predicted octanol–water partition coefficient (Wildman–Crippen LogP) is 0.836. The highest BCUT2D eigenvalue weighted by atomic mass is 16.5. The lowest BCUT2D eigenvalue weighted by Crippen LogP contribution is -2.60. The maximum atomic E-state index is 6.14. The molecule has 1 saturated carbocycles. The van der Waals surface area contributed by atoms with E-state index in [-0.39, 0.29) is 0 Å². The third-order valence-electron chi connectivity index (χ3n) is 4.37. The second kappa shape index (κ2) is 3.72. The molecule has 86 valence electrons. The smallest absolute Gasteiger partial charge is 0.0472 e. The number of rotatable bonds is 3. The number of ether oxygens (including phenoxy) is 1. The van der Waals surface area contributed by atoms with E-state index in [0.29, 0.717) is 11.5 Å². The SMILES string of the molecule is NC(CN1CC2(CCOCC2)C1)C1CC1. The van der Waals surface area contributed by atoms with Crippen LogP contribution in [0, 0.1) is 11.3 Å². The van der Waals surface area contributed by atoms with Crippen LogP contribution in [0.15, 0.2) is 0 Å². The molecule has 1 spiro atoms. The number of nitrogens with two attached hydrogens (primary N) is 1. The Morgan fingerprint density at radius 1 is 1.27 bits per heavy atom. The first-order valence-electron chi connectivity index (χ1n) is 6.33. The maximum absolute atomic E-state index is 6.14. The lowest BCUT2D eigenvalue weighted by atomic mass is 9.73. The van der Waals surface area contributed by atoms with Crippen LogP contribution in [0.2, 0.25) is 0 Å². The minimum atomic E-state index is 0.446. The summed E-state index contributed by atoms with van der Waals surface area (Å²) >= 11 is 0. The Labute approximate surface area is 91.9 Å². The largest absolute Gasteiger partial charge is 0.381 e. The minimum absolute atomic E-state index is 0.446. The van der Waals surface area contributed by atoms with Crippen molar-refractivity contribution < 1.29 is 4.74 Å². The van der Waals surface area contributed by atoms with Crippen molar-refractivity contribution >= 4 is 0 Å². The molecule has 2 heterocycles. The van der Waals surface area contributed by atoms with Crippen molar-refractivity contribution in [1.82, 2.24) is 4.90 Å². The zero-order valence-electron chi connectivity index (χ0n) is 9.45. The Bertz CT molecular complexity index is 226. The molecule has 3 aliphatic rings. The van der Waals surface area contributed by atoms with E-state index in [2.05, 4.69) is 4.90 Å². The first kappa shape index (κ1) is 10.1. The fourth-order valence-corrected chi connectivity index (χ4v) is 3.12. The summed E-state index contributed by atoms with van der Waals surface area (Å²) in [6.07, 6.45) is 5.27. The number of likely N-dealkylation sites (tertiary alicyclic amines) is 1. The Hall–Kier alpha value is -0.120. The molecule has 2 saturated heterocycles. The molecule has 15 heavy (non-hydrogen) atoms. The van der Waals surface area contributed by atoms with Gasteiger partial charge in [0.25, 0.3) is 0 Å². The maximum Gasteiger partial charge on any atom is 0.0472 e. The van der Waals surface area contributed by atoms with Crippen LogP contribution in [-0.2, 0) is 4.74 Å². The third kappa shape index (κ3) is 2.05. The monoisotopic (exact) mass is 210 g/mol. The van der Waals surface area contributed by atoms with Gasteiger partial charge in [0.2, 0.25) is 0 Å². The Morgan fingerprint density at radius 3 is 2.53 bits per heavy atom.